The minimum atomic E-state index is -0.433. The number of carbonyl (C=O) groups is 1. The number of aromatic nitrogens is 4. The van der Waals surface area contributed by atoms with Crippen LogP contribution in [0.3, 0.4) is 0 Å². The number of nitrogens with zero attached hydrogens (tertiary/aromatic N) is 5. The maximum absolute atomic E-state index is 12.4. The Morgan fingerprint density at radius 2 is 1.96 bits per heavy atom. The Morgan fingerprint density at radius 1 is 1.23 bits per heavy atom. The van der Waals surface area contributed by atoms with Crippen LogP contribution in [-0.2, 0) is 6.54 Å². The van der Waals surface area contributed by atoms with Crippen molar-refractivity contribution < 1.29 is 13.8 Å². The van der Waals surface area contributed by atoms with Crippen molar-refractivity contribution in [1.82, 2.24) is 30.5 Å². The van der Waals surface area contributed by atoms with E-state index in [1.54, 1.807) is 43.4 Å². The fraction of sp³-hybridized carbons (Fsp3) is 0.353. The molecule has 26 heavy (non-hydrogen) atoms. The van der Waals surface area contributed by atoms with Crippen molar-refractivity contribution in [3.8, 4) is 11.4 Å². The molecule has 0 unspecified atom stereocenters. The van der Waals surface area contributed by atoms with Crippen molar-refractivity contribution in [3.63, 3.8) is 0 Å². The Balaban J connectivity index is 1.63. The maximum atomic E-state index is 12.4. The molecule has 0 aliphatic heterocycles. The van der Waals surface area contributed by atoms with E-state index in [9.17, 15) is 4.79 Å². The minimum Gasteiger partial charge on any atom is -0.361 e. The lowest BCUT2D eigenvalue weighted by Gasteiger charge is -2.19. The van der Waals surface area contributed by atoms with Gasteiger partial charge >= 0.3 is 6.03 Å². The third kappa shape index (κ3) is 3.71. The van der Waals surface area contributed by atoms with E-state index < -0.39 is 6.04 Å². The molecule has 3 heterocycles. The van der Waals surface area contributed by atoms with Crippen LogP contribution in [0, 0.1) is 13.8 Å². The molecule has 0 spiro atoms. The molecule has 1 N–H and O–H groups in total. The number of nitrogens with one attached hydrogen (secondary N) is 1. The van der Waals surface area contributed by atoms with Gasteiger partial charge in [0.1, 0.15) is 11.8 Å². The monoisotopic (exact) mass is 356 g/mol. The molecule has 0 aliphatic carbocycles. The summed E-state index contributed by atoms with van der Waals surface area (Å²) in [5, 5.41) is 10.7. The number of aryl methyl sites for hydroxylation is 2. The third-order valence-electron chi connectivity index (χ3n) is 4.01. The number of hydrogen-bond donors (Lipinski definition) is 1. The molecule has 0 saturated carbocycles. The molecule has 0 aliphatic rings. The van der Waals surface area contributed by atoms with Crippen molar-refractivity contribution >= 4 is 6.03 Å². The predicted molar refractivity (Wildman–Crippen MR) is 91.9 cm³/mol. The summed E-state index contributed by atoms with van der Waals surface area (Å²) >= 11 is 0. The summed E-state index contributed by atoms with van der Waals surface area (Å²) in [6.45, 7) is 5.85. The number of carbonyl (C=O) groups excluding carboxylic acids is 1. The van der Waals surface area contributed by atoms with Gasteiger partial charge in [-0.25, -0.2) is 4.79 Å². The van der Waals surface area contributed by atoms with Gasteiger partial charge in [0.2, 0.25) is 11.7 Å². The Morgan fingerprint density at radius 3 is 2.62 bits per heavy atom. The summed E-state index contributed by atoms with van der Waals surface area (Å²) in [6, 6.07) is 2.88. The van der Waals surface area contributed by atoms with Crippen LogP contribution < -0.4 is 5.32 Å². The number of hydrogen-bond acceptors (Lipinski definition) is 7. The van der Waals surface area contributed by atoms with Gasteiger partial charge in [0.15, 0.2) is 0 Å². The molecule has 0 radical (unpaired) electrons. The lowest BCUT2D eigenvalue weighted by atomic mass is 10.2. The highest BCUT2D eigenvalue weighted by Gasteiger charge is 2.21. The van der Waals surface area contributed by atoms with E-state index in [2.05, 4.69) is 25.6 Å². The molecular formula is C17H20N6O3. The van der Waals surface area contributed by atoms with Crippen molar-refractivity contribution in [2.45, 2.75) is 33.4 Å². The highest BCUT2D eigenvalue weighted by Crippen LogP contribution is 2.18. The molecule has 0 fully saturated rings. The first-order chi connectivity index (χ1) is 12.5. The van der Waals surface area contributed by atoms with Crippen molar-refractivity contribution in [2.75, 3.05) is 7.05 Å². The quantitative estimate of drug-likeness (QED) is 0.748. The molecule has 0 saturated heterocycles. The number of urea groups is 1. The van der Waals surface area contributed by atoms with Gasteiger partial charge in [0.05, 0.1) is 12.2 Å². The summed E-state index contributed by atoms with van der Waals surface area (Å²) in [5.74, 6) is 1.48. The first kappa shape index (κ1) is 17.6. The fourth-order valence-corrected chi connectivity index (χ4v) is 2.42. The molecular weight excluding hydrogens is 336 g/mol. The Kier molecular flexibility index (Phi) is 4.97. The topological polar surface area (TPSA) is 110 Å². The van der Waals surface area contributed by atoms with Gasteiger partial charge in [-0.2, -0.15) is 4.98 Å². The first-order valence-corrected chi connectivity index (χ1v) is 8.13. The largest absolute Gasteiger partial charge is 0.361 e. The zero-order valence-electron chi connectivity index (χ0n) is 15.1. The van der Waals surface area contributed by atoms with Gasteiger partial charge < -0.3 is 19.3 Å². The van der Waals surface area contributed by atoms with E-state index in [4.69, 9.17) is 9.05 Å². The molecule has 1 atom stereocenters. The fourth-order valence-electron chi connectivity index (χ4n) is 2.42. The normalized spacial score (nSPS) is 12.0. The molecule has 136 valence electrons. The van der Waals surface area contributed by atoms with E-state index in [1.807, 2.05) is 13.8 Å². The Labute approximate surface area is 150 Å². The summed E-state index contributed by atoms with van der Waals surface area (Å²) in [5.41, 5.74) is 2.46. The van der Waals surface area contributed by atoms with E-state index >= 15 is 0 Å². The predicted octanol–water partition coefficient (Wildman–Crippen LogP) is 2.64. The second-order valence-corrected chi connectivity index (χ2v) is 6.02. The van der Waals surface area contributed by atoms with E-state index in [0.29, 0.717) is 24.0 Å². The van der Waals surface area contributed by atoms with Gasteiger partial charge in [-0.1, -0.05) is 10.3 Å². The van der Waals surface area contributed by atoms with Gasteiger partial charge in [-0.15, -0.1) is 0 Å². The highest BCUT2D eigenvalue weighted by molar-refractivity contribution is 5.74. The molecule has 3 rings (SSSR count). The second kappa shape index (κ2) is 7.34. The van der Waals surface area contributed by atoms with Crippen LogP contribution >= 0.6 is 0 Å². The highest BCUT2D eigenvalue weighted by atomic mass is 16.5. The van der Waals surface area contributed by atoms with Gasteiger partial charge in [-0.3, -0.25) is 4.98 Å². The van der Waals surface area contributed by atoms with E-state index in [-0.39, 0.29) is 6.03 Å². The summed E-state index contributed by atoms with van der Waals surface area (Å²) in [6.07, 6.45) is 3.31. The van der Waals surface area contributed by atoms with Crippen LogP contribution in [0.1, 0.15) is 35.9 Å². The molecule has 3 aromatic rings. The smallest absolute Gasteiger partial charge is 0.318 e. The van der Waals surface area contributed by atoms with Crippen molar-refractivity contribution in [3.05, 3.63) is 47.4 Å². The maximum Gasteiger partial charge on any atom is 0.318 e. The summed E-state index contributed by atoms with van der Waals surface area (Å²) in [4.78, 5) is 22.3. The average molecular weight is 356 g/mol. The van der Waals surface area contributed by atoms with Crippen LogP contribution in [0.2, 0.25) is 0 Å². The third-order valence-corrected chi connectivity index (χ3v) is 4.01. The Hall–Kier alpha value is -3.23. The van der Waals surface area contributed by atoms with E-state index in [0.717, 1.165) is 16.8 Å². The second-order valence-electron chi connectivity index (χ2n) is 6.02. The Bertz CT molecular complexity index is 870. The lowest BCUT2D eigenvalue weighted by Crippen LogP contribution is -2.38. The molecule has 2 amide bonds. The van der Waals surface area contributed by atoms with Gasteiger partial charge in [0, 0.05) is 30.6 Å². The number of amides is 2. The van der Waals surface area contributed by atoms with Crippen LogP contribution in [0.15, 0.2) is 33.6 Å². The van der Waals surface area contributed by atoms with Crippen molar-refractivity contribution in [2.24, 2.45) is 0 Å². The molecule has 0 aromatic carbocycles. The van der Waals surface area contributed by atoms with Crippen LogP contribution in [-0.4, -0.2) is 38.3 Å². The number of rotatable bonds is 5. The lowest BCUT2D eigenvalue weighted by molar-refractivity contribution is 0.200. The van der Waals surface area contributed by atoms with Gasteiger partial charge in [-0.05, 0) is 32.9 Å². The standard InChI is InChI=1S/C17H20N6O3/c1-10-14(12(3)25-21-10)9-23(4)17(24)19-11(2)16-20-15(22-26-16)13-5-7-18-8-6-13/h5-8,11H,9H2,1-4H3,(H,19,24)/t11-/m0/s1. The van der Waals surface area contributed by atoms with Crippen LogP contribution in [0.25, 0.3) is 11.4 Å². The van der Waals surface area contributed by atoms with Crippen LogP contribution in [0.4, 0.5) is 4.79 Å². The minimum absolute atomic E-state index is 0.263. The molecule has 3 aromatic heterocycles. The van der Waals surface area contributed by atoms with Crippen LogP contribution in [0.5, 0.6) is 0 Å². The van der Waals surface area contributed by atoms with Crippen molar-refractivity contribution in [1.29, 1.82) is 0 Å². The molecule has 0 bridgehead atoms. The molecule has 9 nitrogen and oxygen atoms in total. The molecule has 9 heteroatoms. The SMILES string of the molecule is Cc1noc(C)c1CN(C)C(=O)N[C@@H](C)c1nc(-c2ccncc2)no1. The summed E-state index contributed by atoms with van der Waals surface area (Å²) in [7, 11) is 1.70. The van der Waals surface area contributed by atoms with Gasteiger partial charge in [0.25, 0.3) is 0 Å². The average Bonchev–Trinajstić information content (AvgIpc) is 3.25. The van der Waals surface area contributed by atoms with E-state index in [1.165, 1.54) is 0 Å². The zero-order chi connectivity index (χ0) is 18.7. The summed E-state index contributed by atoms with van der Waals surface area (Å²) < 4.78 is 10.4. The zero-order valence-corrected chi connectivity index (χ0v) is 15.1. The first-order valence-electron chi connectivity index (χ1n) is 8.13. The number of pyridine rings is 1.